The Bertz CT molecular complexity index is 513. The van der Waals surface area contributed by atoms with Crippen molar-refractivity contribution in [3.8, 4) is 0 Å². The molecule has 3 heterocycles. The number of fused-ring (bicyclic) bond motifs is 1. The summed E-state index contributed by atoms with van der Waals surface area (Å²) < 4.78 is 17.8. The first-order valence-corrected chi connectivity index (χ1v) is 8.48. The maximum absolute atomic E-state index is 12.5. The molecular formula is C14H24N4OS. The van der Waals surface area contributed by atoms with Crippen molar-refractivity contribution < 1.29 is 4.21 Å². The highest BCUT2D eigenvalue weighted by atomic mass is 32.2. The van der Waals surface area contributed by atoms with Gasteiger partial charge in [-0.2, -0.15) is 5.10 Å². The molecule has 5 nitrogen and oxygen atoms in total. The summed E-state index contributed by atoms with van der Waals surface area (Å²) in [4.78, 5) is 0. The highest BCUT2D eigenvalue weighted by molar-refractivity contribution is 7.84. The molecule has 2 aliphatic rings. The summed E-state index contributed by atoms with van der Waals surface area (Å²) >= 11 is 0. The summed E-state index contributed by atoms with van der Waals surface area (Å²) in [5.74, 6) is 0. The van der Waals surface area contributed by atoms with E-state index in [1.807, 2.05) is 27.0 Å². The van der Waals surface area contributed by atoms with Gasteiger partial charge in [0.1, 0.15) is 0 Å². The SMILES string of the molecule is CC(C)(C)[S@@](=O)N[C@@H]1c2ccnn2CC12CCNCC2. The minimum Gasteiger partial charge on any atom is -0.317 e. The molecule has 6 heteroatoms. The van der Waals surface area contributed by atoms with Gasteiger partial charge in [-0.15, -0.1) is 0 Å². The van der Waals surface area contributed by atoms with Crippen LogP contribution >= 0.6 is 0 Å². The van der Waals surface area contributed by atoms with Crippen LogP contribution in [0, 0.1) is 5.41 Å². The van der Waals surface area contributed by atoms with Crippen molar-refractivity contribution >= 4 is 11.0 Å². The number of piperidine rings is 1. The normalized spacial score (nSPS) is 26.6. The summed E-state index contributed by atoms with van der Waals surface area (Å²) in [5, 5.41) is 7.85. The van der Waals surface area contributed by atoms with Crippen molar-refractivity contribution in [2.75, 3.05) is 13.1 Å². The van der Waals surface area contributed by atoms with E-state index in [0.29, 0.717) is 0 Å². The molecule has 1 fully saturated rings. The molecule has 0 bridgehead atoms. The standard InChI is InChI=1S/C14H24N4OS/c1-13(2,3)20(19)17-12-11-4-7-16-18(11)10-14(12)5-8-15-9-6-14/h4,7,12,15,17H,5-6,8-10H2,1-3H3/t12-,20-/m1/s1. The lowest BCUT2D eigenvalue weighted by atomic mass is 9.74. The molecular weight excluding hydrogens is 272 g/mol. The number of aromatic nitrogens is 2. The molecule has 2 N–H and O–H groups in total. The summed E-state index contributed by atoms with van der Waals surface area (Å²) in [7, 11) is -1.06. The second-order valence-electron chi connectivity index (χ2n) is 6.96. The molecule has 0 unspecified atom stereocenters. The van der Waals surface area contributed by atoms with Gasteiger partial charge in [-0.25, -0.2) is 8.93 Å². The third-order valence-electron chi connectivity index (χ3n) is 4.50. The second kappa shape index (κ2) is 4.93. The molecule has 0 amide bonds. The first-order chi connectivity index (χ1) is 9.42. The molecule has 1 spiro atoms. The zero-order chi connectivity index (χ0) is 14.4. The van der Waals surface area contributed by atoms with Crippen LogP contribution < -0.4 is 10.0 Å². The summed E-state index contributed by atoms with van der Waals surface area (Å²) in [6.45, 7) is 9.04. The Labute approximate surface area is 123 Å². The molecule has 1 saturated heterocycles. The lowest BCUT2D eigenvalue weighted by molar-refractivity contribution is 0.150. The van der Waals surface area contributed by atoms with Crippen LogP contribution in [0.25, 0.3) is 0 Å². The number of nitrogens with one attached hydrogen (secondary N) is 2. The fraction of sp³-hybridized carbons (Fsp3) is 0.786. The maximum Gasteiger partial charge on any atom is 0.0976 e. The van der Waals surface area contributed by atoms with Crippen LogP contribution in [0.15, 0.2) is 12.3 Å². The molecule has 0 saturated carbocycles. The van der Waals surface area contributed by atoms with Crippen LogP contribution in [-0.2, 0) is 17.5 Å². The summed E-state index contributed by atoms with van der Waals surface area (Å²) in [6.07, 6.45) is 4.06. The van der Waals surface area contributed by atoms with E-state index in [0.717, 1.165) is 32.5 Å². The molecule has 112 valence electrons. The average Bonchev–Trinajstić information content (AvgIpc) is 2.91. The lowest BCUT2D eigenvalue weighted by Crippen LogP contribution is -2.46. The van der Waals surface area contributed by atoms with Gasteiger partial charge in [0.2, 0.25) is 0 Å². The number of rotatable bonds is 2. The van der Waals surface area contributed by atoms with E-state index < -0.39 is 11.0 Å². The molecule has 2 atom stereocenters. The zero-order valence-corrected chi connectivity index (χ0v) is 13.3. The molecule has 1 aromatic rings. The highest BCUT2D eigenvalue weighted by Gasteiger charge is 2.48. The van der Waals surface area contributed by atoms with Gasteiger partial charge in [-0.05, 0) is 52.8 Å². The Morgan fingerprint density at radius 3 is 2.80 bits per heavy atom. The Hall–Kier alpha value is -0.720. The molecule has 0 radical (unpaired) electrons. The van der Waals surface area contributed by atoms with E-state index in [9.17, 15) is 4.21 Å². The summed E-state index contributed by atoms with van der Waals surface area (Å²) in [6, 6.07) is 2.21. The second-order valence-corrected chi connectivity index (χ2v) is 8.96. The monoisotopic (exact) mass is 296 g/mol. The van der Waals surface area contributed by atoms with E-state index in [2.05, 4.69) is 25.9 Å². The molecule has 3 rings (SSSR count). The molecule has 0 aliphatic carbocycles. The average molecular weight is 296 g/mol. The topological polar surface area (TPSA) is 59.0 Å². The van der Waals surface area contributed by atoms with E-state index >= 15 is 0 Å². The van der Waals surface area contributed by atoms with Crippen LogP contribution in [0.5, 0.6) is 0 Å². The van der Waals surface area contributed by atoms with Crippen LogP contribution in [-0.4, -0.2) is 31.8 Å². The number of nitrogens with zero attached hydrogens (tertiary/aromatic N) is 2. The van der Waals surface area contributed by atoms with Gasteiger partial charge in [0.25, 0.3) is 0 Å². The smallest absolute Gasteiger partial charge is 0.0976 e. The predicted molar refractivity (Wildman–Crippen MR) is 80.5 cm³/mol. The molecule has 20 heavy (non-hydrogen) atoms. The fourth-order valence-corrected chi connectivity index (χ4v) is 4.20. The Morgan fingerprint density at radius 1 is 1.45 bits per heavy atom. The molecule has 0 aromatic carbocycles. The van der Waals surface area contributed by atoms with Crippen molar-refractivity contribution in [3.05, 3.63) is 18.0 Å². The minimum absolute atomic E-state index is 0.146. The highest BCUT2D eigenvalue weighted by Crippen LogP contribution is 2.48. The Kier molecular flexibility index (Phi) is 3.51. The van der Waals surface area contributed by atoms with Gasteiger partial charge < -0.3 is 5.32 Å². The largest absolute Gasteiger partial charge is 0.317 e. The molecule has 1 aromatic heterocycles. The molecule has 2 aliphatic heterocycles. The lowest BCUT2D eigenvalue weighted by Gasteiger charge is -2.39. The zero-order valence-electron chi connectivity index (χ0n) is 12.5. The van der Waals surface area contributed by atoms with Gasteiger partial charge in [0, 0.05) is 18.2 Å². The van der Waals surface area contributed by atoms with Crippen LogP contribution in [0.1, 0.15) is 45.3 Å². The van der Waals surface area contributed by atoms with E-state index in [1.54, 1.807) is 0 Å². The van der Waals surface area contributed by atoms with Crippen LogP contribution in [0.3, 0.4) is 0 Å². The van der Waals surface area contributed by atoms with Crippen molar-refractivity contribution in [1.82, 2.24) is 19.8 Å². The van der Waals surface area contributed by atoms with Gasteiger partial charge in [0.15, 0.2) is 0 Å². The third kappa shape index (κ3) is 2.34. The van der Waals surface area contributed by atoms with Crippen molar-refractivity contribution in [2.45, 2.75) is 50.9 Å². The number of hydrogen-bond acceptors (Lipinski definition) is 3. The van der Waals surface area contributed by atoms with Gasteiger partial charge >= 0.3 is 0 Å². The number of hydrogen-bond donors (Lipinski definition) is 2. The van der Waals surface area contributed by atoms with E-state index in [1.165, 1.54) is 5.69 Å². The van der Waals surface area contributed by atoms with E-state index in [-0.39, 0.29) is 16.2 Å². The van der Waals surface area contributed by atoms with Crippen molar-refractivity contribution in [3.63, 3.8) is 0 Å². The van der Waals surface area contributed by atoms with Crippen molar-refractivity contribution in [2.24, 2.45) is 5.41 Å². The quantitative estimate of drug-likeness (QED) is 0.866. The first-order valence-electron chi connectivity index (χ1n) is 7.33. The Balaban J connectivity index is 1.89. The minimum atomic E-state index is -1.06. The van der Waals surface area contributed by atoms with Crippen molar-refractivity contribution in [1.29, 1.82) is 0 Å². The first kappa shape index (κ1) is 14.2. The van der Waals surface area contributed by atoms with Crippen LogP contribution in [0.2, 0.25) is 0 Å². The van der Waals surface area contributed by atoms with E-state index in [4.69, 9.17) is 0 Å². The van der Waals surface area contributed by atoms with Gasteiger partial charge in [0.05, 0.1) is 27.5 Å². The third-order valence-corrected chi connectivity index (χ3v) is 6.06. The van der Waals surface area contributed by atoms with Gasteiger partial charge in [-0.3, -0.25) is 4.68 Å². The maximum atomic E-state index is 12.5. The predicted octanol–water partition coefficient (Wildman–Crippen LogP) is 1.36. The Morgan fingerprint density at radius 2 is 2.15 bits per heavy atom. The fourth-order valence-electron chi connectivity index (χ4n) is 3.26. The van der Waals surface area contributed by atoms with Gasteiger partial charge in [-0.1, -0.05) is 0 Å². The van der Waals surface area contributed by atoms with Crippen LogP contribution in [0.4, 0.5) is 0 Å². The summed E-state index contributed by atoms with van der Waals surface area (Å²) in [5.41, 5.74) is 1.35.